The molecular weight excluding hydrogens is 440 g/mol. The van der Waals surface area contributed by atoms with Crippen molar-refractivity contribution in [1.29, 1.82) is 0 Å². The van der Waals surface area contributed by atoms with Crippen molar-refractivity contribution in [2.75, 3.05) is 0 Å². The highest BCUT2D eigenvalue weighted by molar-refractivity contribution is 9.11. The van der Waals surface area contributed by atoms with E-state index in [1.165, 1.54) is 6.92 Å². The van der Waals surface area contributed by atoms with Gasteiger partial charge >= 0.3 is 0 Å². The van der Waals surface area contributed by atoms with Gasteiger partial charge in [0.2, 0.25) is 0 Å². The molecule has 0 saturated carbocycles. The Balaban J connectivity index is 2.40. The van der Waals surface area contributed by atoms with E-state index in [-0.39, 0.29) is 5.78 Å². The van der Waals surface area contributed by atoms with Crippen LogP contribution in [0, 0.1) is 0 Å². The summed E-state index contributed by atoms with van der Waals surface area (Å²) < 4.78 is 8.42. The molecule has 0 saturated heterocycles. The lowest BCUT2D eigenvalue weighted by molar-refractivity contribution is 0.101. The maximum Gasteiger partial charge on any atom is 0.163 e. The number of halogens is 3. The third-order valence-electron chi connectivity index (χ3n) is 2.43. The van der Waals surface area contributed by atoms with Gasteiger partial charge in [0.15, 0.2) is 5.78 Å². The molecule has 2 aromatic rings. The molecule has 19 heavy (non-hydrogen) atoms. The van der Waals surface area contributed by atoms with E-state index in [2.05, 4.69) is 47.8 Å². The quantitative estimate of drug-likeness (QED) is 0.541. The van der Waals surface area contributed by atoms with Gasteiger partial charge in [-0.15, -0.1) is 0 Å². The maximum atomic E-state index is 11.6. The predicted octanol–water partition coefficient (Wildman–Crippen LogP) is 5.97. The Morgan fingerprint density at radius 2 is 1.53 bits per heavy atom. The van der Waals surface area contributed by atoms with E-state index in [0.29, 0.717) is 17.1 Å². The van der Waals surface area contributed by atoms with Crippen LogP contribution in [0.5, 0.6) is 11.5 Å². The first kappa shape index (κ1) is 14.8. The van der Waals surface area contributed by atoms with Gasteiger partial charge in [-0.1, -0.05) is 31.9 Å². The SMILES string of the molecule is CC(=O)c1cc(Br)ccc1Oc1ccc(Br)cc1Br. The number of ether oxygens (including phenoxy) is 1. The standard InChI is InChI=1S/C14H9Br3O2/c1-8(18)11-6-9(15)2-4-13(11)19-14-5-3-10(16)7-12(14)17/h2-7H,1H3. The van der Waals surface area contributed by atoms with Crippen LogP contribution in [0.25, 0.3) is 0 Å². The summed E-state index contributed by atoms with van der Waals surface area (Å²) in [5.74, 6) is 1.16. The number of hydrogen-bond donors (Lipinski definition) is 0. The second-order valence-corrected chi connectivity index (χ2v) is 6.56. The van der Waals surface area contributed by atoms with E-state index in [4.69, 9.17) is 4.74 Å². The molecule has 0 aliphatic rings. The highest BCUT2D eigenvalue weighted by Crippen LogP contribution is 2.34. The second-order valence-electron chi connectivity index (χ2n) is 3.87. The van der Waals surface area contributed by atoms with E-state index in [1.807, 2.05) is 24.3 Å². The van der Waals surface area contributed by atoms with Crippen molar-refractivity contribution in [2.45, 2.75) is 6.92 Å². The molecule has 2 rings (SSSR count). The smallest absolute Gasteiger partial charge is 0.163 e. The molecule has 0 unspecified atom stereocenters. The lowest BCUT2D eigenvalue weighted by Gasteiger charge is -2.11. The van der Waals surface area contributed by atoms with E-state index < -0.39 is 0 Å². The zero-order valence-electron chi connectivity index (χ0n) is 9.91. The molecule has 0 atom stereocenters. The monoisotopic (exact) mass is 446 g/mol. The molecule has 5 heteroatoms. The molecule has 0 heterocycles. The number of Topliss-reactive ketones (excluding diaryl/α,β-unsaturated/α-hetero) is 1. The van der Waals surface area contributed by atoms with E-state index >= 15 is 0 Å². The molecule has 2 aromatic carbocycles. The van der Waals surface area contributed by atoms with Crippen LogP contribution < -0.4 is 4.74 Å². The van der Waals surface area contributed by atoms with Gasteiger partial charge in [0.05, 0.1) is 10.0 Å². The topological polar surface area (TPSA) is 26.3 Å². The zero-order valence-corrected chi connectivity index (χ0v) is 14.7. The molecule has 0 amide bonds. The van der Waals surface area contributed by atoms with E-state index in [0.717, 1.165) is 13.4 Å². The summed E-state index contributed by atoms with van der Waals surface area (Å²) in [7, 11) is 0. The highest BCUT2D eigenvalue weighted by atomic mass is 79.9. The Kier molecular flexibility index (Phi) is 4.81. The van der Waals surface area contributed by atoms with Gasteiger partial charge in [-0.25, -0.2) is 0 Å². The Bertz CT molecular complexity index is 639. The van der Waals surface area contributed by atoms with Gasteiger partial charge in [0, 0.05) is 8.95 Å². The minimum absolute atomic E-state index is 0.0375. The van der Waals surface area contributed by atoms with Gasteiger partial charge < -0.3 is 4.74 Å². The number of carbonyl (C=O) groups excluding carboxylic acids is 1. The van der Waals surface area contributed by atoms with E-state index in [9.17, 15) is 4.79 Å². The number of rotatable bonds is 3. The first-order valence-corrected chi connectivity index (χ1v) is 7.78. The van der Waals surface area contributed by atoms with Gasteiger partial charge in [-0.05, 0) is 59.3 Å². The summed E-state index contributed by atoms with van der Waals surface area (Å²) in [6.45, 7) is 1.52. The van der Waals surface area contributed by atoms with Gasteiger partial charge in [0.1, 0.15) is 11.5 Å². The lowest BCUT2D eigenvalue weighted by atomic mass is 10.1. The van der Waals surface area contributed by atoms with E-state index in [1.54, 1.807) is 12.1 Å². The minimum Gasteiger partial charge on any atom is -0.455 e. The van der Waals surface area contributed by atoms with Crippen LogP contribution in [-0.2, 0) is 0 Å². The molecule has 0 N–H and O–H groups in total. The fourth-order valence-electron chi connectivity index (χ4n) is 1.54. The summed E-state index contributed by atoms with van der Waals surface area (Å²) in [4.78, 5) is 11.6. The van der Waals surface area contributed by atoms with Crippen LogP contribution in [0.4, 0.5) is 0 Å². The number of benzene rings is 2. The minimum atomic E-state index is -0.0375. The fourth-order valence-corrected chi connectivity index (χ4v) is 3.03. The number of ketones is 1. The Morgan fingerprint density at radius 1 is 0.947 bits per heavy atom. The molecule has 98 valence electrons. The number of hydrogen-bond acceptors (Lipinski definition) is 2. The highest BCUT2D eigenvalue weighted by Gasteiger charge is 2.11. The van der Waals surface area contributed by atoms with Crippen molar-refractivity contribution in [3.05, 3.63) is 55.4 Å². The Labute approximate surface area is 136 Å². The van der Waals surface area contributed by atoms with Crippen LogP contribution in [0.1, 0.15) is 17.3 Å². The van der Waals surface area contributed by atoms with Crippen molar-refractivity contribution in [3.63, 3.8) is 0 Å². The van der Waals surface area contributed by atoms with Crippen molar-refractivity contribution in [2.24, 2.45) is 0 Å². The van der Waals surface area contributed by atoms with Crippen molar-refractivity contribution in [1.82, 2.24) is 0 Å². The second kappa shape index (κ2) is 6.20. The molecule has 0 bridgehead atoms. The molecule has 0 radical (unpaired) electrons. The van der Waals surface area contributed by atoms with Gasteiger partial charge in [-0.3, -0.25) is 4.79 Å². The first-order valence-electron chi connectivity index (χ1n) is 5.41. The first-order chi connectivity index (χ1) is 8.97. The molecule has 0 aromatic heterocycles. The van der Waals surface area contributed by atoms with Gasteiger partial charge in [0.25, 0.3) is 0 Å². The average Bonchev–Trinajstić information content (AvgIpc) is 2.34. The van der Waals surface area contributed by atoms with Crippen molar-refractivity contribution in [3.8, 4) is 11.5 Å². The third kappa shape index (κ3) is 3.68. The molecule has 2 nitrogen and oxygen atoms in total. The fraction of sp³-hybridized carbons (Fsp3) is 0.0714. The largest absolute Gasteiger partial charge is 0.455 e. The van der Waals surface area contributed by atoms with Crippen LogP contribution in [0.3, 0.4) is 0 Å². The zero-order chi connectivity index (χ0) is 14.0. The molecule has 0 fully saturated rings. The summed E-state index contributed by atoms with van der Waals surface area (Å²) in [5.41, 5.74) is 0.546. The molecule has 0 spiro atoms. The van der Waals surface area contributed by atoms with Crippen LogP contribution >= 0.6 is 47.8 Å². The Morgan fingerprint density at radius 3 is 2.11 bits per heavy atom. The average molecular weight is 449 g/mol. The maximum absolute atomic E-state index is 11.6. The summed E-state index contributed by atoms with van der Waals surface area (Å²) in [6, 6.07) is 11.0. The van der Waals surface area contributed by atoms with Crippen LogP contribution in [-0.4, -0.2) is 5.78 Å². The molecule has 0 aliphatic carbocycles. The van der Waals surface area contributed by atoms with Gasteiger partial charge in [-0.2, -0.15) is 0 Å². The molecular formula is C14H9Br3O2. The number of carbonyl (C=O) groups is 1. The molecule has 0 aliphatic heterocycles. The summed E-state index contributed by atoms with van der Waals surface area (Å²) in [5, 5.41) is 0. The predicted molar refractivity (Wildman–Crippen MR) is 86.1 cm³/mol. The normalized spacial score (nSPS) is 10.3. The van der Waals surface area contributed by atoms with Crippen LogP contribution in [0.2, 0.25) is 0 Å². The Hall–Kier alpha value is -0.650. The van der Waals surface area contributed by atoms with Crippen LogP contribution in [0.15, 0.2) is 49.8 Å². The lowest BCUT2D eigenvalue weighted by Crippen LogP contribution is -1.97. The third-order valence-corrected chi connectivity index (χ3v) is 4.04. The summed E-state index contributed by atoms with van der Waals surface area (Å²) in [6.07, 6.45) is 0. The summed E-state index contributed by atoms with van der Waals surface area (Å²) >= 11 is 10.2. The van der Waals surface area contributed by atoms with Crippen molar-refractivity contribution >= 4 is 53.6 Å². The van der Waals surface area contributed by atoms with Crippen molar-refractivity contribution < 1.29 is 9.53 Å².